The highest BCUT2D eigenvalue weighted by atomic mass is 16.5. The van der Waals surface area contributed by atoms with Crippen molar-refractivity contribution in [3.05, 3.63) is 48.5 Å². The Labute approximate surface area is 123 Å². The zero-order valence-corrected chi connectivity index (χ0v) is 11.3. The molecular weight excluding hydrogens is 278 g/mol. The second kappa shape index (κ2) is 4.11. The second-order valence-corrected chi connectivity index (χ2v) is 5.00. The summed E-state index contributed by atoms with van der Waals surface area (Å²) in [5.41, 5.74) is 5.00. The van der Waals surface area contributed by atoms with Crippen molar-refractivity contribution in [2.45, 2.75) is 0 Å². The number of benzene rings is 2. The minimum atomic E-state index is 0.411. The van der Waals surface area contributed by atoms with E-state index in [1.807, 2.05) is 48.5 Å². The molecule has 2 aromatic carbocycles. The summed E-state index contributed by atoms with van der Waals surface area (Å²) in [6.45, 7) is 0. The van der Waals surface area contributed by atoms with Crippen molar-refractivity contribution in [1.29, 1.82) is 0 Å². The molecule has 0 aliphatic rings. The van der Waals surface area contributed by atoms with Crippen molar-refractivity contribution in [3.63, 3.8) is 0 Å². The maximum atomic E-state index is 5.32. The largest absolute Gasteiger partial charge is 0.336 e. The fourth-order valence-electron chi connectivity index (χ4n) is 2.55. The van der Waals surface area contributed by atoms with E-state index in [1.54, 1.807) is 0 Å². The first-order chi connectivity index (χ1) is 10.9. The van der Waals surface area contributed by atoms with Crippen molar-refractivity contribution in [2.24, 2.45) is 0 Å². The van der Waals surface area contributed by atoms with E-state index in [0.717, 1.165) is 22.1 Å². The van der Waals surface area contributed by atoms with Crippen LogP contribution in [0.5, 0.6) is 0 Å². The molecule has 0 fully saturated rings. The van der Waals surface area contributed by atoms with Gasteiger partial charge in [-0.2, -0.15) is 0 Å². The van der Waals surface area contributed by atoms with Gasteiger partial charge < -0.3 is 9.51 Å². The minimum Gasteiger partial charge on any atom is -0.336 e. The Kier molecular flexibility index (Phi) is 2.13. The first-order valence-corrected chi connectivity index (χ1v) is 6.86. The van der Waals surface area contributed by atoms with E-state index in [1.165, 1.54) is 0 Å². The number of H-pyrrole nitrogens is 1. The van der Waals surface area contributed by atoms with Crippen LogP contribution in [0, 0.1) is 0 Å². The first kappa shape index (κ1) is 11.4. The highest BCUT2D eigenvalue weighted by Crippen LogP contribution is 2.26. The molecule has 1 N–H and O–H groups in total. The van der Waals surface area contributed by atoms with Gasteiger partial charge in [-0.05, 0) is 24.3 Å². The van der Waals surface area contributed by atoms with E-state index in [4.69, 9.17) is 4.52 Å². The van der Waals surface area contributed by atoms with Gasteiger partial charge in [0, 0.05) is 0 Å². The molecule has 5 rings (SSSR count). The number of imidazole rings is 1. The molecule has 0 spiro atoms. The molecule has 0 saturated heterocycles. The van der Waals surface area contributed by atoms with Crippen LogP contribution in [-0.4, -0.2) is 25.1 Å². The Hall–Kier alpha value is -3.28. The molecule has 0 saturated carbocycles. The molecule has 6 heteroatoms. The fraction of sp³-hybridized carbons (Fsp3) is 0. The Morgan fingerprint density at radius 1 is 0.773 bits per heavy atom. The van der Waals surface area contributed by atoms with Crippen LogP contribution < -0.4 is 0 Å². The smallest absolute Gasteiger partial charge is 0.277 e. The molecule has 0 unspecified atom stereocenters. The third-order valence-electron chi connectivity index (χ3n) is 3.60. The van der Waals surface area contributed by atoms with Crippen LogP contribution in [0.3, 0.4) is 0 Å². The summed E-state index contributed by atoms with van der Waals surface area (Å²) < 4.78 is 5.32. The third kappa shape index (κ3) is 1.54. The highest BCUT2D eigenvalue weighted by molar-refractivity contribution is 5.91. The SMILES string of the molecule is c1ccc2nc3c(-c4nc5ccccc5[nH]4)noc3nc2c1. The van der Waals surface area contributed by atoms with Gasteiger partial charge in [0.1, 0.15) is 0 Å². The molecule has 0 atom stereocenters. The average Bonchev–Trinajstić information content (AvgIpc) is 3.15. The molecule has 3 aromatic heterocycles. The fourth-order valence-corrected chi connectivity index (χ4v) is 2.55. The monoisotopic (exact) mass is 287 g/mol. The van der Waals surface area contributed by atoms with E-state index in [2.05, 4.69) is 25.1 Å². The molecule has 0 aliphatic heterocycles. The first-order valence-electron chi connectivity index (χ1n) is 6.86. The van der Waals surface area contributed by atoms with Crippen LogP contribution in [0.25, 0.3) is 44.8 Å². The Balaban J connectivity index is 1.81. The lowest BCUT2D eigenvalue weighted by Crippen LogP contribution is -1.87. The van der Waals surface area contributed by atoms with Crippen molar-refractivity contribution in [3.8, 4) is 11.5 Å². The molecule has 5 aromatic rings. The van der Waals surface area contributed by atoms with Crippen LogP contribution in [0.1, 0.15) is 0 Å². The zero-order chi connectivity index (χ0) is 14.5. The van der Waals surface area contributed by atoms with Crippen molar-refractivity contribution in [1.82, 2.24) is 25.1 Å². The van der Waals surface area contributed by atoms with Gasteiger partial charge in [0.15, 0.2) is 17.0 Å². The maximum Gasteiger partial charge on any atom is 0.277 e. The number of para-hydroxylation sites is 4. The predicted molar refractivity (Wildman–Crippen MR) is 82.2 cm³/mol. The number of aromatic amines is 1. The van der Waals surface area contributed by atoms with Crippen LogP contribution in [-0.2, 0) is 0 Å². The topological polar surface area (TPSA) is 80.5 Å². The lowest BCUT2D eigenvalue weighted by molar-refractivity contribution is 0.451. The van der Waals surface area contributed by atoms with Gasteiger partial charge in [-0.25, -0.2) is 15.0 Å². The number of fused-ring (bicyclic) bond motifs is 3. The summed E-state index contributed by atoms with van der Waals surface area (Å²) in [6, 6.07) is 15.5. The standard InChI is InChI=1S/C16H9N5O/c1-4-8-12-9(5-1)17-14-13(21-22-16(14)20-12)15-18-10-6-2-3-7-11(10)19-15/h1-8H,(H,18,19). The third-order valence-corrected chi connectivity index (χ3v) is 3.60. The minimum absolute atomic E-state index is 0.411. The highest BCUT2D eigenvalue weighted by Gasteiger charge is 2.17. The summed E-state index contributed by atoms with van der Waals surface area (Å²) in [4.78, 5) is 16.8. The number of aromatic nitrogens is 5. The molecule has 104 valence electrons. The van der Waals surface area contributed by atoms with Crippen LogP contribution in [0.4, 0.5) is 0 Å². The molecule has 22 heavy (non-hydrogen) atoms. The van der Waals surface area contributed by atoms with Gasteiger partial charge in [-0.1, -0.05) is 29.4 Å². The molecular formula is C16H9N5O. The molecule has 3 heterocycles. The van der Waals surface area contributed by atoms with Gasteiger partial charge in [0.25, 0.3) is 5.71 Å². The molecule has 0 aliphatic carbocycles. The van der Waals surface area contributed by atoms with Crippen molar-refractivity contribution >= 4 is 33.3 Å². The Morgan fingerprint density at radius 3 is 2.32 bits per heavy atom. The van der Waals surface area contributed by atoms with Gasteiger partial charge in [-0.3, -0.25) is 0 Å². The van der Waals surface area contributed by atoms with E-state index in [-0.39, 0.29) is 0 Å². The van der Waals surface area contributed by atoms with E-state index in [9.17, 15) is 0 Å². The van der Waals surface area contributed by atoms with Crippen LogP contribution in [0.15, 0.2) is 53.1 Å². The Morgan fingerprint density at radius 2 is 1.50 bits per heavy atom. The maximum absolute atomic E-state index is 5.32. The predicted octanol–water partition coefficient (Wildman–Crippen LogP) is 3.31. The van der Waals surface area contributed by atoms with Gasteiger partial charge in [0.2, 0.25) is 0 Å². The normalized spacial score (nSPS) is 11.6. The summed E-state index contributed by atoms with van der Waals surface area (Å²) >= 11 is 0. The number of hydrogen-bond donors (Lipinski definition) is 1. The number of nitrogens with zero attached hydrogens (tertiary/aromatic N) is 4. The lowest BCUT2D eigenvalue weighted by atomic mass is 10.3. The van der Waals surface area contributed by atoms with Crippen molar-refractivity contribution < 1.29 is 4.52 Å². The van der Waals surface area contributed by atoms with Gasteiger partial charge in [-0.15, -0.1) is 0 Å². The second-order valence-electron chi connectivity index (χ2n) is 5.00. The summed E-state index contributed by atoms with van der Waals surface area (Å²) in [5, 5.41) is 4.09. The van der Waals surface area contributed by atoms with E-state index < -0.39 is 0 Å². The number of rotatable bonds is 1. The summed E-state index contributed by atoms with van der Waals surface area (Å²) in [7, 11) is 0. The van der Waals surface area contributed by atoms with Crippen LogP contribution in [0.2, 0.25) is 0 Å². The Bertz CT molecular complexity index is 1110. The summed E-state index contributed by atoms with van der Waals surface area (Å²) in [6.07, 6.45) is 0. The number of nitrogens with one attached hydrogen (secondary N) is 1. The summed E-state index contributed by atoms with van der Waals surface area (Å²) in [5.74, 6) is 0.629. The molecule has 0 amide bonds. The van der Waals surface area contributed by atoms with Crippen molar-refractivity contribution in [2.75, 3.05) is 0 Å². The molecule has 6 nitrogen and oxygen atoms in total. The number of hydrogen-bond acceptors (Lipinski definition) is 5. The zero-order valence-electron chi connectivity index (χ0n) is 11.3. The van der Waals surface area contributed by atoms with Gasteiger partial charge in [0.05, 0.1) is 22.1 Å². The van der Waals surface area contributed by atoms with Gasteiger partial charge >= 0.3 is 0 Å². The van der Waals surface area contributed by atoms with E-state index in [0.29, 0.717) is 22.7 Å². The average molecular weight is 287 g/mol. The lowest BCUT2D eigenvalue weighted by Gasteiger charge is -1.95. The quantitative estimate of drug-likeness (QED) is 0.511. The van der Waals surface area contributed by atoms with E-state index >= 15 is 0 Å². The van der Waals surface area contributed by atoms with Crippen LogP contribution >= 0.6 is 0 Å². The molecule has 0 radical (unpaired) electrons. The molecule has 0 bridgehead atoms.